The summed E-state index contributed by atoms with van der Waals surface area (Å²) in [5.41, 5.74) is 4.08. The molecule has 1 atom stereocenters. The number of carbonyl (C=O) groups excluding carboxylic acids is 1. The summed E-state index contributed by atoms with van der Waals surface area (Å²) >= 11 is 0. The molecule has 1 unspecified atom stereocenters. The Labute approximate surface area is 177 Å². The third kappa shape index (κ3) is 3.83. The second kappa shape index (κ2) is 8.94. The molecule has 0 fully saturated rings. The van der Waals surface area contributed by atoms with Crippen LogP contribution in [0.1, 0.15) is 66.6 Å². The van der Waals surface area contributed by atoms with Gasteiger partial charge in [0.05, 0.1) is 26.5 Å². The fourth-order valence-electron chi connectivity index (χ4n) is 4.18. The van der Waals surface area contributed by atoms with Crippen molar-refractivity contribution < 1.29 is 19.0 Å². The van der Waals surface area contributed by atoms with Crippen molar-refractivity contribution in [2.45, 2.75) is 52.9 Å². The Kier molecular flexibility index (Phi) is 6.54. The second-order valence-electron chi connectivity index (χ2n) is 8.17. The number of hydrogen-bond acceptors (Lipinski definition) is 5. The number of benzene rings is 1. The summed E-state index contributed by atoms with van der Waals surface area (Å²) in [7, 11) is 2.75. The van der Waals surface area contributed by atoms with E-state index < -0.39 is 11.5 Å². The van der Waals surface area contributed by atoms with Crippen molar-refractivity contribution in [1.82, 2.24) is 4.98 Å². The molecule has 1 N–H and O–H groups in total. The molecule has 1 heterocycles. The van der Waals surface area contributed by atoms with Gasteiger partial charge >= 0.3 is 5.97 Å². The molecule has 0 bridgehead atoms. The zero-order chi connectivity index (χ0) is 22.0. The van der Waals surface area contributed by atoms with Gasteiger partial charge in [0, 0.05) is 11.1 Å². The fraction of sp³-hybridized carbons (Fsp3) is 0.500. The molecule has 6 nitrogen and oxygen atoms in total. The lowest BCUT2D eigenvalue weighted by Gasteiger charge is -2.32. The number of fused-ring (bicyclic) bond motifs is 3. The minimum Gasteiger partial charge on any atom is -0.495 e. The molecule has 30 heavy (non-hydrogen) atoms. The van der Waals surface area contributed by atoms with E-state index in [0.717, 1.165) is 47.3 Å². The van der Waals surface area contributed by atoms with Crippen molar-refractivity contribution in [3.63, 3.8) is 0 Å². The average Bonchev–Trinajstić information content (AvgIpc) is 2.72. The van der Waals surface area contributed by atoms with Crippen molar-refractivity contribution in [3.05, 3.63) is 44.7 Å². The van der Waals surface area contributed by atoms with Crippen molar-refractivity contribution in [2.75, 3.05) is 20.8 Å². The third-order valence-electron chi connectivity index (χ3n) is 5.84. The maximum absolute atomic E-state index is 12.8. The summed E-state index contributed by atoms with van der Waals surface area (Å²) in [5, 5.41) is 0. The van der Waals surface area contributed by atoms with Crippen LogP contribution < -0.4 is 15.0 Å². The first-order chi connectivity index (χ1) is 14.3. The first-order valence-corrected chi connectivity index (χ1v) is 10.5. The van der Waals surface area contributed by atoms with Gasteiger partial charge in [-0.2, -0.15) is 0 Å². The Morgan fingerprint density at radius 3 is 2.60 bits per heavy atom. The summed E-state index contributed by atoms with van der Waals surface area (Å²) in [6.45, 7) is 9.10. The molecule has 3 rings (SSSR count). The second-order valence-corrected chi connectivity index (χ2v) is 8.17. The van der Waals surface area contributed by atoms with Crippen molar-refractivity contribution in [1.29, 1.82) is 0 Å². The van der Waals surface area contributed by atoms with Crippen LogP contribution in [-0.2, 0) is 11.2 Å². The summed E-state index contributed by atoms with van der Waals surface area (Å²) in [6.07, 6.45) is 2.86. The molecular formula is C24H31NO5. The Hall–Kier alpha value is -2.76. The van der Waals surface area contributed by atoms with Crippen molar-refractivity contribution in [3.8, 4) is 22.8 Å². The molecule has 0 amide bonds. The quantitative estimate of drug-likeness (QED) is 0.529. The Morgan fingerprint density at radius 2 is 2.00 bits per heavy atom. The number of aromatic nitrogens is 1. The first kappa shape index (κ1) is 21.9. The Bertz CT molecular complexity index is 1010. The molecule has 0 saturated heterocycles. The van der Waals surface area contributed by atoms with Crippen molar-refractivity contribution in [2.24, 2.45) is 5.92 Å². The number of esters is 1. The van der Waals surface area contributed by atoms with E-state index in [4.69, 9.17) is 14.2 Å². The molecule has 1 aromatic carbocycles. The van der Waals surface area contributed by atoms with Gasteiger partial charge in [-0.15, -0.1) is 0 Å². The summed E-state index contributed by atoms with van der Waals surface area (Å²) < 4.78 is 16.5. The zero-order valence-corrected chi connectivity index (χ0v) is 18.7. The van der Waals surface area contributed by atoms with E-state index in [0.29, 0.717) is 18.1 Å². The predicted octanol–water partition coefficient (Wildman–Crippen LogP) is 4.62. The number of ether oxygens (including phenoxy) is 3. The van der Waals surface area contributed by atoms with E-state index in [-0.39, 0.29) is 17.4 Å². The number of pyridine rings is 1. The molecular weight excluding hydrogens is 382 g/mol. The van der Waals surface area contributed by atoms with Gasteiger partial charge in [0.1, 0.15) is 11.5 Å². The minimum absolute atomic E-state index is 0.0777. The molecule has 1 aromatic heterocycles. The smallest absolute Gasteiger partial charge is 0.347 e. The lowest BCUT2D eigenvalue weighted by molar-refractivity contribution is 0.0594. The maximum Gasteiger partial charge on any atom is 0.347 e. The molecule has 0 saturated carbocycles. The van der Waals surface area contributed by atoms with E-state index in [1.165, 1.54) is 14.2 Å². The molecule has 0 radical (unpaired) electrons. The van der Waals surface area contributed by atoms with Gasteiger partial charge in [-0.05, 0) is 54.9 Å². The Balaban J connectivity index is 2.24. The number of nitrogens with one attached hydrogen (secondary N) is 1. The van der Waals surface area contributed by atoms with Gasteiger partial charge in [0.25, 0.3) is 5.56 Å². The highest BCUT2D eigenvalue weighted by molar-refractivity contribution is 5.94. The largest absolute Gasteiger partial charge is 0.495 e. The van der Waals surface area contributed by atoms with Crippen LogP contribution >= 0.6 is 0 Å². The van der Waals surface area contributed by atoms with Crippen LogP contribution in [0.5, 0.6) is 11.5 Å². The number of aryl methyl sites for hydroxylation is 1. The number of H-pyrrole nitrogens is 1. The highest BCUT2D eigenvalue weighted by atomic mass is 16.5. The zero-order valence-electron chi connectivity index (χ0n) is 18.7. The minimum atomic E-state index is -0.694. The van der Waals surface area contributed by atoms with Gasteiger partial charge in [-0.25, -0.2) is 4.79 Å². The van der Waals surface area contributed by atoms with Gasteiger partial charge in [0.15, 0.2) is 5.56 Å². The highest BCUT2D eigenvalue weighted by Crippen LogP contribution is 2.47. The standard InChI is InChI=1S/C24H31NO5/c1-7-8-9-30-18-12-15-11-16(13(2)3)19-21(17(15)10-14(18)4)25-23(26)20(22(19)28-5)24(27)29-6/h10,12-13,16H,7-9,11H2,1-6H3,(H,25,26). The van der Waals surface area contributed by atoms with E-state index in [9.17, 15) is 9.59 Å². The number of hydrogen-bond donors (Lipinski definition) is 1. The monoisotopic (exact) mass is 413 g/mol. The fourth-order valence-corrected chi connectivity index (χ4v) is 4.18. The lowest BCUT2D eigenvalue weighted by atomic mass is 9.74. The predicted molar refractivity (Wildman–Crippen MR) is 117 cm³/mol. The number of unbranched alkanes of at least 4 members (excludes halogenated alkanes) is 1. The maximum atomic E-state index is 12.8. The lowest BCUT2D eigenvalue weighted by Crippen LogP contribution is -2.27. The van der Waals surface area contributed by atoms with Crippen molar-refractivity contribution >= 4 is 5.97 Å². The van der Waals surface area contributed by atoms with Crippen LogP contribution in [0, 0.1) is 12.8 Å². The van der Waals surface area contributed by atoms with Crippen LogP contribution in [0.25, 0.3) is 11.3 Å². The van der Waals surface area contributed by atoms with E-state index >= 15 is 0 Å². The normalized spacial score (nSPS) is 14.8. The van der Waals surface area contributed by atoms with Gasteiger partial charge < -0.3 is 19.2 Å². The van der Waals surface area contributed by atoms with Crippen LogP contribution in [0.15, 0.2) is 16.9 Å². The molecule has 2 aromatic rings. The third-order valence-corrected chi connectivity index (χ3v) is 5.84. The number of aromatic amines is 1. The topological polar surface area (TPSA) is 77.6 Å². The molecule has 0 spiro atoms. The molecule has 1 aliphatic carbocycles. The number of methoxy groups -OCH3 is 2. The SMILES string of the molecule is CCCCOc1cc2c(cc1C)-c1[nH]c(=O)c(C(=O)OC)c(OC)c1C(C(C)C)C2. The van der Waals surface area contributed by atoms with E-state index in [1.54, 1.807) is 0 Å². The van der Waals surface area contributed by atoms with Gasteiger partial charge in [-0.1, -0.05) is 27.2 Å². The average molecular weight is 414 g/mol. The molecule has 0 aliphatic heterocycles. The summed E-state index contributed by atoms with van der Waals surface area (Å²) in [4.78, 5) is 28.1. The van der Waals surface area contributed by atoms with Crippen LogP contribution in [0.2, 0.25) is 0 Å². The Morgan fingerprint density at radius 1 is 1.27 bits per heavy atom. The van der Waals surface area contributed by atoms with Crippen LogP contribution in [0.3, 0.4) is 0 Å². The number of carbonyl (C=O) groups is 1. The van der Waals surface area contributed by atoms with Crippen LogP contribution in [-0.4, -0.2) is 31.8 Å². The number of rotatable bonds is 7. The van der Waals surface area contributed by atoms with E-state index in [2.05, 4.69) is 37.9 Å². The molecule has 6 heteroatoms. The summed E-state index contributed by atoms with van der Waals surface area (Å²) in [6, 6.07) is 4.15. The van der Waals surface area contributed by atoms with Gasteiger partial charge in [0.2, 0.25) is 0 Å². The molecule has 162 valence electrons. The van der Waals surface area contributed by atoms with Gasteiger partial charge in [-0.3, -0.25) is 4.79 Å². The highest BCUT2D eigenvalue weighted by Gasteiger charge is 2.35. The first-order valence-electron chi connectivity index (χ1n) is 10.5. The van der Waals surface area contributed by atoms with E-state index in [1.807, 2.05) is 6.92 Å². The molecule has 1 aliphatic rings. The summed E-state index contributed by atoms with van der Waals surface area (Å²) in [5.74, 6) is 0.849. The van der Waals surface area contributed by atoms with Crippen LogP contribution in [0.4, 0.5) is 0 Å².